The van der Waals surface area contributed by atoms with E-state index in [1.165, 1.54) is 0 Å². The van der Waals surface area contributed by atoms with E-state index in [-0.39, 0.29) is 17.6 Å². The third kappa shape index (κ3) is 2.22. The average Bonchev–Trinajstić information content (AvgIpc) is 2.94. The maximum absolute atomic E-state index is 6.59. The summed E-state index contributed by atoms with van der Waals surface area (Å²) in [5, 5.41) is 3.61. The number of pyridine rings is 1. The first-order valence-electron chi connectivity index (χ1n) is 8.79. The summed E-state index contributed by atoms with van der Waals surface area (Å²) in [6.07, 6.45) is 1.78. The van der Waals surface area contributed by atoms with Gasteiger partial charge in [-0.15, -0.1) is 0 Å². The van der Waals surface area contributed by atoms with Gasteiger partial charge in [-0.2, -0.15) is 0 Å². The molecular formula is C21H19ClN2O2. The smallest absolute Gasteiger partial charge is 0.151 e. The topological polar surface area (TPSA) is 34.6 Å². The molecule has 0 aliphatic carbocycles. The molecule has 3 heterocycles. The standard InChI is InChI=1S/C21H19ClN2O2/c1-21(2)16-12-25-20-15(11-17(22)14-9-6-10-23-18(14)20)19(16)24(26-21)13-7-4-3-5-8-13/h3-11,16,19H,12H2,1-2H3/t16-,19+/m0/s1. The number of benzene rings is 2. The molecule has 0 radical (unpaired) electrons. The molecule has 1 saturated heterocycles. The van der Waals surface area contributed by atoms with Crippen molar-refractivity contribution < 1.29 is 9.57 Å². The van der Waals surface area contributed by atoms with Crippen molar-refractivity contribution in [2.24, 2.45) is 5.92 Å². The van der Waals surface area contributed by atoms with Gasteiger partial charge in [0.1, 0.15) is 5.52 Å². The van der Waals surface area contributed by atoms with Gasteiger partial charge in [0.25, 0.3) is 0 Å². The molecule has 132 valence electrons. The molecule has 0 bridgehead atoms. The highest BCUT2D eigenvalue weighted by molar-refractivity contribution is 6.35. The van der Waals surface area contributed by atoms with Crippen molar-refractivity contribution in [1.82, 2.24) is 4.98 Å². The van der Waals surface area contributed by atoms with Gasteiger partial charge in [0.05, 0.1) is 34.9 Å². The number of hydrogen-bond donors (Lipinski definition) is 0. The van der Waals surface area contributed by atoms with Crippen LogP contribution in [-0.2, 0) is 4.84 Å². The van der Waals surface area contributed by atoms with Crippen LogP contribution >= 0.6 is 11.6 Å². The van der Waals surface area contributed by atoms with Crippen molar-refractivity contribution in [1.29, 1.82) is 0 Å². The highest BCUT2D eigenvalue weighted by atomic mass is 35.5. The first-order chi connectivity index (χ1) is 12.6. The Balaban J connectivity index is 1.73. The fourth-order valence-electron chi connectivity index (χ4n) is 4.08. The van der Waals surface area contributed by atoms with E-state index in [9.17, 15) is 0 Å². The summed E-state index contributed by atoms with van der Waals surface area (Å²) in [5.74, 6) is 1.00. The van der Waals surface area contributed by atoms with E-state index in [4.69, 9.17) is 21.2 Å². The molecule has 2 aromatic carbocycles. The van der Waals surface area contributed by atoms with E-state index < -0.39 is 0 Å². The lowest BCUT2D eigenvalue weighted by Crippen LogP contribution is -2.36. The molecule has 2 aliphatic heterocycles. The third-order valence-electron chi connectivity index (χ3n) is 5.42. The minimum Gasteiger partial charge on any atom is -0.490 e. The van der Waals surface area contributed by atoms with E-state index in [1.807, 2.05) is 41.5 Å². The van der Waals surface area contributed by atoms with E-state index in [2.05, 4.69) is 31.0 Å². The van der Waals surface area contributed by atoms with E-state index in [0.717, 1.165) is 27.9 Å². The molecule has 0 unspecified atom stereocenters. The highest BCUT2D eigenvalue weighted by Gasteiger charge is 2.53. The minimum absolute atomic E-state index is 0.0278. The van der Waals surface area contributed by atoms with Crippen LogP contribution in [0.2, 0.25) is 5.02 Å². The number of anilines is 1. The average molecular weight is 367 g/mol. The van der Waals surface area contributed by atoms with Gasteiger partial charge < -0.3 is 4.74 Å². The highest BCUT2D eigenvalue weighted by Crippen LogP contribution is 2.53. The lowest BCUT2D eigenvalue weighted by molar-refractivity contribution is -0.0134. The van der Waals surface area contributed by atoms with Crippen LogP contribution < -0.4 is 9.80 Å². The van der Waals surface area contributed by atoms with Gasteiger partial charge >= 0.3 is 0 Å². The lowest BCUT2D eigenvalue weighted by atomic mass is 9.81. The molecule has 3 aromatic rings. The summed E-state index contributed by atoms with van der Waals surface area (Å²) in [4.78, 5) is 10.9. The quantitative estimate of drug-likeness (QED) is 0.595. The fourth-order valence-corrected chi connectivity index (χ4v) is 4.35. The number of para-hydroxylation sites is 1. The summed E-state index contributed by atoms with van der Waals surface area (Å²) >= 11 is 6.59. The van der Waals surface area contributed by atoms with Gasteiger partial charge in [-0.3, -0.25) is 9.82 Å². The zero-order chi connectivity index (χ0) is 17.9. The second-order valence-electron chi connectivity index (χ2n) is 7.39. The van der Waals surface area contributed by atoms with Crippen LogP contribution in [0.1, 0.15) is 25.5 Å². The summed E-state index contributed by atoms with van der Waals surface area (Å²) in [6, 6.07) is 16.1. The maximum atomic E-state index is 6.59. The van der Waals surface area contributed by atoms with Gasteiger partial charge in [-0.25, -0.2) is 5.06 Å². The van der Waals surface area contributed by atoms with Crippen LogP contribution in [0.3, 0.4) is 0 Å². The van der Waals surface area contributed by atoms with Crippen LogP contribution in [0.4, 0.5) is 5.69 Å². The van der Waals surface area contributed by atoms with Gasteiger partial charge in [-0.1, -0.05) is 29.8 Å². The molecule has 2 atom stereocenters. The maximum Gasteiger partial charge on any atom is 0.151 e. The third-order valence-corrected chi connectivity index (χ3v) is 5.73. The summed E-state index contributed by atoms with van der Waals surface area (Å²) in [6.45, 7) is 4.81. The number of fused-ring (bicyclic) bond motifs is 5. The summed E-state index contributed by atoms with van der Waals surface area (Å²) in [7, 11) is 0. The first kappa shape index (κ1) is 15.9. The van der Waals surface area contributed by atoms with Crippen molar-refractivity contribution >= 4 is 28.2 Å². The second kappa shape index (κ2) is 5.60. The van der Waals surface area contributed by atoms with Gasteiger partial charge in [0.2, 0.25) is 0 Å². The number of rotatable bonds is 1. The molecule has 5 rings (SSSR count). The van der Waals surface area contributed by atoms with Gasteiger partial charge in [0, 0.05) is 17.1 Å². The molecule has 4 nitrogen and oxygen atoms in total. The van der Waals surface area contributed by atoms with E-state index in [0.29, 0.717) is 11.6 Å². The number of ether oxygens (including phenoxy) is 1. The van der Waals surface area contributed by atoms with Crippen LogP contribution in [0.5, 0.6) is 5.75 Å². The predicted molar refractivity (Wildman–Crippen MR) is 103 cm³/mol. The Hall–Kier alpha value is -2.30. The van der Waals surface area contributed by atoms with Crippen molar-refractivity contribution in [2.75, 3.05) is 11.7 Å². The minimum atomic E-state index is -0.344. The van der Waals surface area contributed by atoms with Crippen molar-refractivity contribution in [3.05, 3.63) is 65.3 Å². The fraction of sp³-hybridized carbons (Fsp3) is 0.286. The Labute approximate surface area is 157 Å². The molecule has 0 saturated carbocycles. The number of aromatic nitrogens is 1. The number of hydroxylamine groups is 1. The largest absolute Gasteiger partial charge is 0.490 e. The first-order valence-corrected chi connectivity index (χ1v) is 9.17. The normalized spacial score (nSPS) is 23.4. The van der Waals surface area contributed by atoms with Crippen molar-refractivity contribution in [2.45, 2.75) is 25.5 Å². The zero-order valence-electron chi connectivity index (χ0n) is 14.6. The Kier molecular flexibility index (Phi) is 3.43. The Morgan fingerprint density at radius 2 is 1.96 bits per heavy atom. The second-order valence-corrected chi connectivity index (χ2v) is 7.80. The Bertz CT molecular complexity index is 990. The van der Waals surface area contributed by atoms with Crippen molar-refractivity contribution in [3.63, 3.8) is 0 Å². The molecular weight excluding hydrogens is 348 g/mol. The molecule has 1 fully saturated rings. The van der Waals surface area contributed by atoms with Crippen LogP contribution in [0, 0.1) is 5.92 Å². The van der Waals surface area contributed by atoms with Gasteiger partial charge in [-0.05, 0) is 44.2 Å². The van der Waals surface area contributed by atoms with Crippen LogP contribution in [0.15, 0.2) is 54.7 Å². The number of nitrogens with zero attached hydrogens (tertiary/aromatic N) is 2. The molecule has 2 aliphatic rings. The Morgan fingerprint density at radius 1 is 1.15 bits per heavy atom. The molecule has 26 heavy (non-hydrogen) atoms. The van der Waals surface area contributed by atoms with E-state index >= 15 is 0 Å². The van der Waals surface area contributed by atoms with Crippen molar-refractivity contribution in [3.8, 4) is 5.75 Å². The molecule has 0 spiro atoms. The molecule has 1 aromatic heterocycles. The SMILES string of the molecule is CC1(C)ON(c2ccccc2)[C@@H]2c3cc(Cl)c4cccnc4c3OC[C@@H]21. The molecule has 5 heteroatoms. The number of hydrogen-bond acceptors (Lipinski definition) is 4. The monoisotopic (exact) mass is 366 g/mol. The summed E-state index contributed by atoms with van der Waals surface area (Å²) in [5.41, 5.74) is 2.53. The molecule has 0 N–H and O–H groups in total. The molecule has 0 amide bonds. The lowest BCUT2D eigenvalue weighted by Gasteiger charge is -2.34. The summed E-state index contributed by atoms with van der Waals surface area (Å²) < 4.78 is 6.20. The predicted octanol–water partition coefficient (Wildman–Crippen LogP) is 5.17. The zero-order valence-corrected chi connectivity index (χ0v) is 15.4. The van der Waals surface area contributed by atoms with E-state index in [1.54, 1.807) is 6.20 Å². The van der Waals surface area contributed by atoms with Crippen LogP contribution in [0.25, 0.3) is 10.9 Å². The number of halogens is 1. The Morgan fingerprint density at radius 3 is 2.77 bits per heavy atom. The van der Waals surface area contributed by atoms with Crippen LogP contribution in [-0.4, -0.2) is 17.2 Å². The van der Waals surface area contributed by atoms with Gasteiger partial charge in [0.15, 0.2) is 5.75 Å².